The fourth-order valence-corrected chi connectivity index (χ4v) is 4.65. The number of aromatic nitrogens is 2. The minimum atomic E-state index is -0.171. The van der Waals surface area contributed by atoms with Crippen LogP contribution >= 0.6 is 22.9 Å². The average Bonchev–Trinajstić information content (AvgIpc) is 3.29. The Labute approximate surface area is 199 Å². The highest BCUT2D eigenvalue weighted by molar-refractivity contribution is 7.21. The third-order valence-electron chi connectivity index (χ3n) is 5.21. The number of hydrogen-bond acceptors (Lipinski definition) is 5. The molecule has 0 bridgehead atoms. The van der Waals surface area contributed by atoms with Crippen LogP contribution < -0.4 is 15.0 Å². The van der Waals surface area contributed by atoms with E-state index in [4.69, 9.17) is 26.1 Å². The van der Waals surface area contributed by atoms with Crippen LogP contribution in [0.25, 0.3) is 32.0 Å². The number of ether oxygens (including phenoxy) is 2. The first-order valence-electron chi connectivity index (χ1n) is 10.3. The van der Waals surface area contributed by atoms with E-state index in [1.54, 1.807) is 7.11 Å². The Morgan fingerprint density at radius 1 is 0.939 bits per heavy atom. The Kier molecular flexibility index (Phi) is 5.86. The number of halogens is 1. The van der Waals surface area contributed by atoms with E-state index in [2.05, 4.69) is 4.98 Å². The smallest absolute Gasteiger partial charge is 0.259 e. The maximum Gasteiger partial charge on any atom is 0.259 e. The van der Waals surface area contributed by atoms with Gasteiger partial charge in [0, 0.05) is 15.5 Å². The van der Waals surface area contributed by atoms with Crippen molar-refractivity contribution in [1.29, 1.82) is 0 Å². The van der Waals surface area contributed by atoms with Crippen LogP contribution in [-0.4, -0.2) is 17.1 Å². The summed E-state index contributed by atoms with van der Waals surface area (Å²) >= 11 is 7.44. The first kappa shape index (κ1) is 21.2. The molecule has 0 spiro atoms. The number of benzene rings is 3. The number of nitrogens with one attached hydrogen (secondary N) is 1. The van der Waals surface area contributed by atoms with Crippen LogP contribution in [0.1, 0.15) is 5.56 Å². The van der Waals surface area contributed by atoms with Gasteiger partial charge in [0.05, 0.1) is 12.5 Å². The number of methoxy groups -OCH3 is 1. The number of nitrogens with zero attached hydrogens (tertiary/aromatic N) is 1. The molecular formula is C26H19ClN2O3S. The molecule has 0 unspecified atom stereocenters. The molecule has 0 fully saturated rings. The molecule has 0 aliphatic carbocycles. The van der Waals surface area contributed by atoms with E-state index in [0.29, 0.717) is 39.2 Å². The molecule has 7 heteroatoms. The molecule has 0 amide bonds. The van der Waals surface area contributed by atoms with Crippen LogP contribution in [-0.2, 0) is 6.61 Å². The highest BCUT2D eigenvalue weighted by Gasteiger charge is 2.13. The normalized spacial score (nSPS) is 11.0. The van der Waals surface area contributed by atoms with Crippen molar-refractivity contribution in [2.45, 2.75) is 6.61 Å². The largest absolute Gasteiger partial charge is 0.493 e. The Hall–Kier alpha value is -3.61. The molecule has 5 nitrogen and oxygen atoms in total. The van der Waals surface area contributed by atoms with Gasteiger partial charge in [-0.05, 0) is 47.5 Å². The van der Waals surface area contributed by atoms with Crippen LogP contribution in [0.2, 0.25) is 5.02 Å². The van der Waals surface area contributed by atoms with E-state index < -0.39 is 0 Å². The van der Waals surface area contributed by atoms with Gasteiger partial charge < -0.3 is 14.5 Å². The van der Waals surface area contributed by atoms with Crippen LogP contribution in [0.3, 0.4) is 0 Å². The molecule has 0 saturated heterocycles. The second-order valence-electron chi connectivity index (χ2n) is 7.39. The Bertz CT molecular complexity index is 1480. The summed E-state index contributed by atoms with van der Waals surface area (Å²) in [6.07, 6.45) is 0. The summed E-state index contributed by atoms with van der Waals surface area (Å²) < 4.78 is 11.5. The van der Waals surface area contributed by atoms with Crippen LogP contribution in [0.4, 0.5) is 0 Å². The van der Waals surface area contributed by atoms with Crippen molar-refractivity contribution in [2.24, 2.45) is 0 Å². The minimum Gasteiger partial charge on any atom is -0.493 e. The van der Waals surface area contributed by atoms with Gasteiger partial charge in [0.15, 0.2) is 11.5 Å². The Morgan fingerprint density at radius 3 is 2.48 bits per heavy atom. The monoisotopic (exact) mass is 474 g/mol. The van der Waals surface area contributed by atoms with Gasteiger partial charge in [-0.2, -0.15) is 0 Å². The molecule has 33 heavy (non-hydrogen) atoms. The van der Waals surface area contributed by atoms with Gasteiger partial charge in [-0.15, -0.1) is 11.3 Å². The van der Waals surface area contributed by atoms with Gasteiger partial charge in [-0.25, -0.2) is 4.98 Å². The minimum absolute atomic E-state index is 0.171. The highest BCUT2D eigenvalue weighted by Crippen LogP contribution is 2.34. The van der Waals surface area contributed by atoms with Crippen LogP contribution in [0.15, 0.2) is 83.7 Å². The third-order valence-corrected chi connectivity index (χ3v) is 6.54. The van der Waals surface area contributed by atoms with Gasteiger partial charge in [-0.3, -0.25) is 4.79 Å². The molecule has 2 heterocycles. The van der Waals surface area contributed by atoms with Crippen LogP contribution in [0.5, 0.6) is 11.5 Å². The first-order valence-corrected chi connectivity index (χ1v) is 11.4. The molecule has 0 atom stereocenters. The average molecular weight is 475 g/mol. The lowest BCUT2D eigenvalue weighted by Crippen LogP contribution is -2.08. The predicted octanol–water partition coefficient (Wildman–Crippen LogP) is 6.56. The second kappa shape index (κ2) is 9.10. The second-order valence-corrected chi connectivity index (χ2v) is 8.86. The summed E-state index contributed by atoms with van der Waals surface area (Å²) in [7, 11) is 1.58. The molecule has 164 valence electrons. The summed E-state index contributed by atoms with van der Waals surface area (Å²) in [6.45, 7) is 0.380. The molecule has 0 aliphatic heterocycles. The van der Waals surface area contributed by atoms with Crippen molar-refractivity contribution in [1.82, 2.24) is 9.97 Å². The van der Waals surface area contributed by atoms with Gasteiger partial charge in [0.1, 0.15) is 17.3 Å². The summed E-state index contributed by atoms with van der Waals surface area (Å²) in [5.41, 5.74) is 2.62. The van der Waals surface area contributed by atoms with Crippen molar-refractivity contribution in [2.75, 3.05) is 7.11 Å². The maximum atomic E-state index is 12.8. The predicted molar refractivity (Wildman–Crippen MR) is 133 cm³/mol. The van der Waals surface area contributed by atoms with Crippen LogP contribution in [0, 0.1) is 0 Å². The molecule has 0 radical (unpaired) electrons. The Balaban J connectivity index is 1.45. The molecular weight excluding hydrogens is 456 g/mol. The van der Waals surface area contributed by atoms with Crippen molar-refractivity contribution < 1.29 is 9.47 Å². The summed E-state index contributed by atoms with van der Waals surface area (Å²) in [6, 6.07) is 24.8. The third kappa shape index (κ3) is 4.49. The quantitative estimate of drug-likeness (QED) is 0.302. The molecule has 1 N–H and O–H groups in total. The van der Waals surface area contributed by atoms with Gasteiger partial charge in [0.2, 0.25) is 0 Å². The molecule has 5 aromatic rings. The van der Waals surface area contributed by atoms with Gasteiger partial charge >= 0.3 is 0 Å². The molecule has 5 rings (SSSR count). The zero-order valence-corrected chi connectivity index (χ0v) is 19.2. The lowest BCUT2D eigenvalue weighted by Gasteiger charge is -2.12. The maximum absolute atomic E-state index is 12.8. The summed E-state index contributed by atoms with van der Waals surface area (Å²) in [4.78, 5) is 22.1. The topological polar surface area (TPSA) is 64.2 Å². The number of hydrogen-bond donors (Lipinski definition) is 1. The fourth-order valence-electron chi connectivity index (χ4n) is 3.49. The molecule has 0 aliphatic rings. The lowest BCUT2D eigenvalue weighted by molar-refractivity contribution is 0.284. The van der Waals surface area contributed by atoms with E-state index in [-0.39, 0.29) is 5.56 Å². The van der Waals surface area contributed by atoms with E-state index in [9.17, 15) is 4.79 Å². The van der Waals surface area contributed by atoms with Gasteiger partial charge in [0.25, 0.3) is 5.56 Å². The number of H-pyrrole nitrogens is 1. The standard InChI is InChI=1S/C26H19ClN2O3S/c1-31-22-13-18(9-12-21(22)32-15-16-7-10-19(27)11-8-16)24-28-25(30)20-14-23(33-26(20)29-24)17-5-3-2-4-6-17/h2-14H,15H2,1H3,(H,28,29,30). The lowest BCUT2D eigenvalue weighted by atomic mass is 10.1. The number of thiophene rings is 1. The SMILES string of the molecule is COc1cc(-c2nc3sc(-c4ccccc4)cc3c(=O)[nH]2)ccc1OCc1ccc(Cl)cc1. The highest BCUT2D eigenvalue weighted by atomic mass is 35.5. The summed E-state index contributed by atoms with van der Waals surface area (Å²) in [5, 5.41) is 1.26. The first-order chi connectivity index (χ1) is 16.1. The van der Waals surface area contributed by atoms with E-state index in [0.717, 1.165) is 21.6 Å². The van der Waals surface area contributed by atoms with Crippen molar-refractivity contribution in [3.8, 4) is 33.3 Å². The molecule has 0 saturated carbocycles. The molecule has 2 aromatic heterocycles. The zero-order valence-electron chi connectivity index (χ0n) is 17.7. The molecule has 3 aromatic carbocycles. The Morgan fingerprint density at radius 2 is 1.73 bits per heavy atom. The number of aromatic amines is 1. The van der Waals surface area contributed by atoms with Crippen molar-refractivity contribution in [3.63, 3.8) is 0 Å². The van der Waals surface area contributed by atoms with E-state index >= 15 is 0 Å². The van der Waals surface area contributed by atoms with E-state index in [1.165, 1.54) is 11.3 Å². The van der Waals surface area contributed by atoms with E-state index in [1.807, 2.05) is 78.9 Å². The number of fused-ring (bicyclic) bond motifs is 1. The summed E-state index contributed by atoms with van der Waals surface area (Å²) in [5.74, 6) is 1.64. The number of rotatable bonds is 6. The van der Waals surface area contributed by atoms with Crippen molar-refractivity contribution >= 4 is 33.2 Å². The fraction of sp³-hybridized carbons (Fsp3) is 0.0769. The zero-order chi connectivity index (χ0) is 22.8. The van der Waals surface area contributed by atoms with Crippen molar-refractivity contribution in [3.05, 3.63) is 99.8 Å². The van der Waals surface area contributed by atoms with Gasteiger partial charge in [-0.1, -0.05) is 54.1 Å².